The zero-order chi connectivity index (χ0) is 11.3. The first-order valence-electron chi connectivity index (χ1n) is 4.59. The van der Waals surface area contributed by atoms with E-state index in [0.29, 0.717) is 17.0 Å². The van der Waals surface area contributed by atoms with E-state index in [4.69, 9.17) is 18.0 Å². The fourth-order valence-electron chi connectivity index (χ4n) is 1.16. The van der Waals surface area contributed by atoms with Gasteiger partial charge in [-0.1, -0.05) is 12.2 Å². The third kappa shape index (κ3) is 4.03. The zero-order valence-corrected chi connectivity index (χ0v) is 9.25. The van der Waals surface area contributed by atoms with Gasteiger partial charge in [0, 0.05) is 24.9 Å². The lowest BCUT2D eigenvalue weighted by atomic mass is 10.2. The smallest absolute Gasteiger partial charge is 0.253 e. The number of thiocarbonyl (C=S) groups is 1. The number of carbonyl (C=O) groups excluding carboxylic acids is 1. The number of pyridine rings is 1. The van der Waals surface area contributed by atoms with E-state index >= 15 is 0 Å². The van der Waals surface area contributed by atoms with Gasteiger partial charge in [0.05, 0.1) is 10.6 Å². The SMILES string of the molecule is CC(CC(N)=S)NC(=O)c1cccnc1. The Balaban J connectivity index is 2.53. The Labute approximate surface area is 93.9 Å². The van der Waals surface area contributed by atoms with Crippen LogP contribution in [0.25, 0.3) is 0 Å². The van der Waals surface area contributed by atoms with Gasteiger partial charge in [-0.25, -0.2) is 0 Å². The summed E-state index contributed by atoms with van der Waals surface area (Å²) < 4.78 is 0. The predicted octanol–water partition coefficient (Wildman–Crippen LogP) is 0.876. The van der Waals surface area contributed by atoms with Crippen LogP contribution in [0.4, 0.5) is 0 Å². The number of aromatic nitrogens is 1. The molecule has 1 aromatic rings. The predicted molar refractivity (Wildman–Crippen MR) is 62.6 cm³/mol. The van der Waals surface area contributed by atoms with E-state index in [2.05, 4.69) is 10.3 Å². The molecular formula is C10H13N3OS. The quantitative estimate of drug-likeness (QED) is 0.743. The summed E-state index contributed by atoms with van der Waals surface area (Å²) in [6.45, 7) is 1.85. The number of carbonyl (C=O) groups is 1. The van der Waals surface area contributed by atoms with Gasteiger partial charge in [-0.3, -0.25) is 9.78 Å². The number of hydrogen-bond acceptors (Lipinski definition) is 3. The summed E-state index contributed by atoms with van der Waals surface area (Å²) in [4.78, 5) is 15.9. The highest BCUT2D eigenvalue weighted by Crippen LogP contribution is 1.98. The minimum absolute atomic E-state index is 0.0600. The van der Waals surface area contributed by atoms with E-state index in [-0.39, 0.29) is 11.9 Å². The largest absolute Gasteiger partial charge is 0.393 e. The molecular weight excluding hydrogens is 210 g/mol. The van der Waals surface area contributed by atoms with Gasteiger partial charge in [0.2, 0.25) is 0 Å². The van der Waals surface area contributed by atoms with E-state index in [9.17, 15) is 4.79 Å². The molecule has 4 nitrogen and oxygen atoms in total. The molecule has 0 fully saturated rings. The van der Waals surface area contributed by atoms with Crippen LogP contribution in [0.1, 0.15) is 23.7 Å². The molecule has 1 rings (SSSR count). The summed E-state index contributed by atoms with van der Waals surface area (Å²) in [6.07, 6.45) is 3.64. The Kier molecular flexibility index (Phi) is 4.17. The van der Waals surface area contributed by atoms with Gasteiger partial charge in [-0.05, 0) is 19.1 Å². The summed E-state index contributed by atoms with van der Waals surface area (Å²) in [6, 6.07) is 3.36. The lowest BCUT2D eigenvalue weighted by Crippen LogP contribution is -2.35. The Morgan fingerprint density at radius 3 is 3.00 bits per heavy atom. The molecule has 15 heavy (non-hydrogen) atoms. The van der Waals surface area contributed by atoms with Crippen molar-refractivity contribution < 1.29 is 4.79 Å². The Morgan fingerprint density at radius 1 is 1.73 bits per heavy atom. The standard InChI is InChI=1S/C10H13N3OS/c1-7(5-9(11)15)13-10(14)8-3-2-4-12-6-8/h2-4,6-7H,5H2,1H3,(H2,11,15)(H,13,14). The highest BCUT2D eigenvalue weighted by Gasteiger charge is 2.09. The van der Waals surface area contributed by atoms with Crippen molar-refractivity contribution in [3.63, 3.8) is 0 Å². The van der Waals surface area contributed by atoms with Crippen LogP contribution in [0.3, 0.4) is 0 Å². The van der Waals surface area contributed by atoms with E-state index in [1.54, 1.807) is 18.3 Å². The molecule has 1 amide bonds. The average Bonchev–Trinajstić information content (AvgIpc) is 2.17. The molecule has 80 valence electrons. The maximum Gasteiger partial charge on any atom is 0.253 e. The molecule has 0 saturated carbocycles. The van der Waals surface area contributed by atoms with Crippen molar-refractivity contribution in [1.82, 2.24) is 10.3 Å². The van der Waals surface area contributed by atoms with Crippen molar-refractivity contribution in [1.29, 1.82) is 0 Å². The lowest BCUT2D eigenvalue weighted by Gasteiger charge is -2.12. The number of hydrogen-bond donors (Lipinski definition) is 2. The first-order valence-corrected chi connectivity index (χ1v) is 4.99. The van der Waals surface area contributed by atoms with Gasteiger partial charge in [-0.2, -0.15) is 0 Å². The van der Waals surface area contributed by atoms with Crippen molar-refractivity contribution in [3.05, 3.63) is 30.1 Å². The highest BCUT2D eigenvalue weighted by molar-refractivity contribution is 7.80. The molecule has 0 spiro atoms. The number of nitrogens with two attached hydrogens (primary N) is 1. The van der Waals surface area contributed by atoms with E-state index in [1.165, 1.54) is 6.20 Å². The highest BCUT2D eigenvalue weighted by atomic mass is 32.1. The van der Waals surface area contributed by atoms with Gasteiger partial charge in [0.25, 0.3) is 5.91 Å². The molecule has 1 atom stereocenters. The molecule has 0 aromatic carbocycles. The molecule has 1 aromatic heterocycles. The molecule has 0 saturated heterocycles. The molecule has 0 aliphatic rings. The second-order valence-corrected chi connectivity index (χ2v) is 3.81. The molecule has 0 aliphatic carbocycles. The summed E-state index contributed by atoms with van der Waals surface area (Å²) in [5.74, 6) is -0.160. The van der Waals surface area contributed by atoms with Gasteiger partial charge in [0.1, 0.15) is 0 Å². The summed E-state index contributed by atoms with van der Waals surface area (Å²) in [5, 5.41) is 2.78. The molecule has 3 N–H and O–H groups in total. The van der Waals surface area contributed by atoms with Crippen molar-refractivity contribution in [3.8, 4) is 0 Å². The molecule has 0 bridgehead atoms. The monoisotopic (exact) mass is 223 g/mol. The second kappa shape index (κ2) is 5.41. The minimum Gasteiger partial charge on any atom is -0.393 e. The van der Waals surface area contributed by atoms with Crippen LogP contribution < -0.4 is 11.1 Å². The maximum absolute atomic E-state index is 11.6. The number of rotatable bonds is 4. The Bertz CT molecular complexity index is 353. The maximum atomic E-state index is 11.6. The normalized spacial score (nSPS) is 11.8. The zero-order valence-electron chi connectivity index (χ0n) is 8.43. The molecule has 5 heteroatoms. The van der Waals surface area contributed by atoms with Crippen molar-refractivity contribution in [2.45, 2.75) is 19.4 Å². The van der Waals surface area contributed by atoms with Crippen LogP contribution in [0, 0.1) is 0 Å². The van der Waals surface area contributed by atoms with Crippen molar-refractivity contribution in [2.75, 3.05) is 0 Å². The second-order valence-electron chi connectivity index (χ2n) is 3.29. The molecule has 0 radical (unpaired) electrons. The minimum atomic E-state index is -0.160. The number of amides is 1. The van der Waals surface area contributed by atoms with Crippen molar-refractivity contribution >= 4 is 23.1 Å². The summed E-state index contributed by atoms with van der Waals surface area (Å²) in [7, 11) is 0. The number of nitrogens with zero attached hydrogens (tertiary/aromatic N) is 1. The van der Waals surface area contributed by atoms with Crippen LogP contribution in [-0.2, 0) is 0 Å². The topological polar surface area (TPSA) is 68.0 Å². The van der Waals surface area contributed by atoms with Gasteiger partial charge in [0.15, 0.2) is 0 Å². The Hall–Kier alpha value is -1.49. The summed E-state index contributed by atoms with van der Waals surface area (Å²) in [5.41, 5.74) is 5.91. The van der Waals surface area contributed by atoms with Crippen LogP contribution in [0.2, 0.25) is 0 Å². The Morgan fingerprint density at radius 2 is 2.47 bits per heavy atom. The van der Waals surface area contributed by atoms with Crippen LogP contribution in [0.15, 0.2) is 24.5 Å². The molecule has 0 aliphatic heterocycles. The van der Waals surface area contributed by atoms with Gasteiger partial charge < -0.3 is 11.1 Å². The first kappa shape index (κ1) is 11.6. The average molecular weight is 223 g/mol. The third-order valence-corrected chi connectivity index (χ3v) is 1.98. The van der Waals surface area contributed by atoms with Gasteiger partial charge >= 0.3 is 0 Å². The van der Waals surface area contributed by atoms with Crippen LogP contribution >= 0.6 is 12.2 Å². The van der Waals surface area contributed by atoms with E-state index < -0.39 is 0 Å². The molecule has 1 heterocycles. The number of nitrogens with one attached hydrogen (secondary N) is 1. The summed E-state index contributed by atoms with van der Waals surface area (Å²) >= 11 is 4.76. The first-order chi connectivity index (χ1) is 7.09. The van der Waals surface area contributed by atoms with Crippen molar-refractivity contribution in [2.24, 2.45) is 5.73 Å². The van der Waals surface area contributed by atoms with E-state index in [1.807, 2.05) is 6.92 Å². The fourth-order valence-corrected chi connectivity index (χ4v) is 1.41. The van der Waals surface area contributed by atoms with Gasteiger partial charge in [-0.15, -0.1) is 0 Å². The third-order valence-electron chi connectivity index (χ3n) is 1.81. The van der Waals surface area contributed by atoms with E-state index in [0.717, 1.165) is 0 Å². The van der Waals surface area contributed by atoms with Crippen LogP contribution in [0.5, 0.6) is 0 Å². The lowest BCUT2D eigenvalue weighted by molar-refractivity contribution is 0.0941. The van der Waals surface area contributed by atoms with Crippen LogP contribution in [-0.4, -0.2) is 21.9 Å². The molecule has 1 unspecified atom stereocenters. The fraction of sp³-hybridized carbons (Fsp3) is 0.300.